The second-order valence-electron chi connectivity index (χ2n) is 7.45. The van der Waals surface area contributed by atoms with Crippen molar-refractivity contribution in [1.82, 2.24) is 20.5 Å². The summed E-state index contributed by atoms with van der Waals surface area (Å²) in [5.74, 6) is 0.160. The molecule has 1 unspecified atom stereocenters. The topological polar surface area (TPSA) is 74.3 Å². The van der Waals surface area contributed by atoms with Gasteiger partial charge in [0.15, 0.2) is 0 Å². The summed E-state index contributed by atoms with van der Waals surface area (Å²) >= 11 is 0. The first kappa shape index (κ1) is 26.9. The molecule has 2 aromatic rings. The maximum atomic E-state index is 12.7. The molecule has 0 radical (unpaired) electrons. The first-order valence-corrected chi connectivity index (χ1v) is 10.4. The second-order valence-corrected chi connectivity index (χ2v) is 7.45. The number of nitrogens with one attached hydrogen (secondary N) is 2. The zero-order valence-electron chi connectivity index (χ0n) is 17.7. The molecule has 0 saturated carbocycles. The minimum absolute atomic E-state index is 0. The van der Waals surface area contributed by atoms with Crippen LogP contribution in [0.3, 0.4) is 0 Å². The molecular formula is C23H32Cl2N4O2. The summed E-state index contributed by atoms with van der Waals surface area (Å²) in [6.45, 7) is 2.80. The van der Waals surface area contributed by atoms with Gasteiger partial charge in [0.25, 0.3) is 0 Å². The number of hydrogen-bond acceptors (Lipinski definition) is 4. The Bertz CT molecular complexity index is 778. The highest BCUT2D eigenvalue weighted by molar-refractivity contribution is 5.85. The van der Waals surface area contributed by atoms with Gasteiger partial charge in [-0.3, -0.25) is 14.6 Å². The standard InChI is InChI=1S/C23H30N4O2.2ClH/c28-22-17-21(20-9-2-1-3-10-20)25-12-4-5-14-27(15-7-13-26-22)23(29)16-19-8-6-11-24-18-19;;/h1-3,6,8-11,18,21,25H,4-5,7,12-17H2,(H,26,28);2*1H. The van der Waals surface area contributed by atoms with Crippen LogP contribution in [-0.2, 0) is 16.0 Å². The SMILES string of the molecule is Cl.Cl.O=C1CC(c2ccccc2)NCCCCN(C(=O)Cc2cccnc2)CCCN1. The zero-order valence-corrected chi connectivity index (χ0v) is 19.3. The van der Waals surface area contributed by atoms with Gasteiger partial charge >= 0.3 is 0 Å². The molecule has 2 heterocycles. The number of halogens is 2. The Kier molecular flexibility index (Phi) is 12.8. The van der Waals surface area contributed by atoms with Crippen LogP contribution in [0, 0.1) is 0 Å². The number of hydrogen-bond donors (Lipinski definition) is 2. The van der Waals surface area contributed by atoms with Gasteiger partial charge in [0.1, 0.15) is 0 Å². The predicted molar refractivity (Wildman–Crippen MR) is 128 cm³/mol. The molecule has 2 N–H and O–H groups in total. The maximum absolute atomic E-state index is 12.7. The number of benzene rings is 1. The molecule has 2 amide bonds. The number of rotatable bonds is 3. The normalized spacial score (nSPS) is 18.1. The van der Waals surface area contributed by atoms with Crippen molar-refractivity contribution in [2.75, 3.05) is 26.2 Å². The third-order valence-electron chi connectivity index (χ3n) is 5.19. The van der Waals surface area contributed by atoms with E-state index in [9.17, 15) is 9.59 Å². The Morgan fingerprint density at radius 2 is 1.77 bits per heavy atom. The van der Waals surface area contributed by atoms with E-state index in [2.05, 4.69) is 27.8 Å². The summed E-state index contributed by atoms with van der Waals surface area (Å²) < 4.78 is 0. The molecule has 1 atom stereocenters. The molecule has 1 aliphatic heterocycles. The summed E-state index contributed by atoms with van der Waals surface area (Å²) in [4.78, 5) is 31.1. The molecule has 170 valence electrons. The first-order valence-electron chi connectivity index (χ1n) is 10.4. The van der Waals surface area contributed by atoms with Crippen LogP contribution >= 0.6 is 24.8 Å². The van der Waals surface area contributed by atoms with Gasteiger partial charge in [-0.05, 0) is 43.0 Å². The number of pyridine rings is 1. The van der Waals surface area contributed by atoms with Gasteiger partial charge in [0, 0.05) is 44.5 Å². The number of nitrogens with zero attached hydrogens (tertiary/aromatic N) is 2. The zero-order chi connectivity index (χ0) is 20.3. The van der Waals surface area contributed by atoms with E-state index < -0.39 is 0 Å². The van der Waals surface area contributed by atoms with Crippen LogP contribution in [0.2, 0.25) is 0 Å². The molecule has 6 nitrogen and oxygen atoms in total. The number of amides is 2. The van der Waals surface area contributed by atoms with Crippen LogP contribution in [0.25, 0.3) is 0 Å². The highest BCUT2D eigenvalue weighted by Crippen LogP contribution is 2.17. The van der Waals surface area contributed by atoms with Gasteiger partial charge in [-0.1, -0.05) is 36.4 Å². The summed E-state index contributed by atoms with van der Waals surface area (Å²) in [7, 11) is 0. The fraction of sp³-hybridized carbons (Fsp3) is 0.435. The molecule has 1 fully saturated rings. The summed E-state index contributed by atoms with van der Waals surface area (Å²) in [5.41, 5.74) is 2.06. The number of carbonyl (C=O) groups excluding carboxylic acids is 2. The van der Waals surface area contributed by atoms with Crippen molar-refractivity contribution < 1.29 is 9.59 Å². The Morgan fingerprint density at radius 3 is 2.52 bits per heavy atom. The largest absolute Gasteiger partial charge is 0.356 e. The van der Waals surface area contributed by atoms with Crippen molar-refractivity contribution >= 4 is 36.6 Å². The average molecular weight is 467 g/mol. The third kappa shape index (κ3) is 9.25. The molecule has 1 saturated heterocycles. The van der Waals surface area contributed by atoms with E-state index in [4.69, 9.17) is 0 Å². The summed E-state index contributed by atoms with van der Waals surface area (Å²) in [5, 5.41) is 6.52. The van der Waals surface area contributed by atoms with E-state index in [1.165, 1.54) is 0 Å². The van der Waals surface area contributed by atoms with E-state index in [0.29, 0.717) is 25.9 Å². The van der Waals surface area contributed by atoms with Crippen LogP contribution in [0.15, 0.2) is 54.9 Å². The Balaban J connectivity index is 0.00000240. The van der Waals surface area contributed by atoms with Crippen molar-refractivity contribution in [2.24, 2.45) is 0 Å². The molecule has 0 spiro atoms. The van der Waals surface area contributed by atoms with E-state index >= 15 is 0 Å². The Morgan fingerprint density at radius 1 is 1.00 bits per heavy atom. The lowest BCUT2D eigenvalue weighted by Crippen LogP contribution is -2.36. The van der Waals surface area contributed by atoms with E-state index in [1.54, 1.807) is 12.4 Å². The van der Waals surface area contributed by atoms with Gasteiger partial charge in [-0.15, -0.1) is 24.8 Å². The third-order valence-corrected chi connectivity index (χ3v) is 5.19. The monoisotopic (exact) mass is 466 g/mol. The van der Waals surface area contributed by atoms with Crippen molar-refractivity contribution in [3.8, 4) is 0 Å². The molecule has 1 aromatic carbocycles. The van der Waals surface area contributed by atoms with Gasteiger partial charge in [0.05, 0.1) is 6.42 Å². The lowest BCUT2D eigenvalue weighted by atomic mass is 10.0. The van der Waals surface area contributed by atoms with Gasteiger partial charge in [-0.25, -0.2) is 0 Å². The van der Waals surface area contributed by atoms with Crippen molar-refractivity contribution in [3.05, 3.63) is 66.0 Å². The lowest BCUT2D eigenvalue weighted by Gasteiger charge is -2.23. The molecule has 8 heteroatoms. The van der Waals surface area contributed by atoms with Crippen LogP contribution in [0.4, 0.5) is 0 Å². The number of carbonyl (C=O) groups is 2. The molecule has 1 aromatic heterocycles. The fourth-order valence-electron chi connectivity index (χ4n) is 3.60. The highest BCUT2D eigenvalue weighted by Gasteiger charge is 2.17. The van der Waals surface area contributed by atoms with E-state index in [-0.39, 0.29) is 42.7 Å². The minimum Gasteiger partial charge on any atom is -0.356 e. The van der Waals surface area contributed by atoms with Crippen molar-refractivity contribution in [3.63, 3.8) is 0 Å². The maximum Gasteiger partial charge on any atom is 0.227 e. The van der Waals surface area contributed by atoms with Gasteiger partial charge in [0.2, 0.25) is 11.8 Å². The lowest BCUT2D eigenvalue weighted by molar-refractivity contribution is -0.130. The number of aromatic nitrogens is 1. The molecule has 0 bridgehead atoms. The Hall–Kier alpha value is -2.15. The van der Waals surface area contributed by atoms with E-state index in [0.717, 1.165) is 43.5 Å². The van der Waals surface area contributed by atoms with Gasteiger partial charge < -0.3 is 15.5 Å². The highest BCUT2D eigenvalue weighted by atomic mass is 35.5. The second kappa shape index (κ2) is 14.8. The quantitative estimate of drug-likeness (QED) is 0.727. The minimum atomic E-state index is 0. The predicted octanol–water partition coefficient (Wildman–Crippen LogP) is 3.32. The average Bonchev–Trinajstić information content (AvgIpc) is 2.76. The first-order chi connectivity index (χ1) is 14.2. The van der Waals surface area contributed by atoms with Crippen molar-refractivity contribution in [1.29, 1.82) is 0 Å². The molecule has 3 rings (SSSR count). The van der Waals surface area contributed by atoms with E-state index in [1.807, 2.05) is 35.2 Å². The van der Waals surface area contributed by atoms with Crippen LogP contribution in [0.5, 0.6) is 0 Å². The molecular weight excluding hydrogens is 435 g/mol. The summed E-state index contributed by atoms with van der Waals surface area (Å²) in [6, 6.07) is 13.9. The fourth-order valence-corrected chi connectivity index (χ4v) is 3.60. The molecule has 0 aliphatic carbocycles. The molecule has 31 heavy (non-hydrogen) atoms. The van der Waals surface area contributed by atoms with Crippen LogP contribution < -0.4 is 10.6 Å². The van der Waals surface area contributed by atoms with Crippen LogP contribution in [0.1, 0.15) is 42.9 Å². The molecule has 1 aliphatic rings. The van der Waals surface area contributed by atoms with Crippen LogP contribution in [-0.4, -0.2) is 47.9 Å². The van der Waals surface area contributed by atoms with Gasteiger partial charge in [-0.2, -0.15) is 0 Å². The smallest absolute Gasteiger partial charge is 0.227 e. The Labute approximate surface area is 197 Å². The van der Waals surface area contributed by atoms with Crippen molar-refractivity contribution in [2.45, 2.75) is 38.1 Å². The summed E-state index contributed by atoms with van der Waals surface area (Å²) in [6.07, 6.45) is 6.91.